The van der Waals surface area contributed by atoms with E-state index in [9.17, 15) is 0 Å². The second kappa shape index (κ2) is 9.64. The molecule has 2 bridgehead atoms. The van der Waals surface area contributed by atoms with Crippen LogP contribution in [0.5, 0.6) is 0 Å². The largest absolute Gasteiger partial charge is 0 e. The SMILES string of the molecule is O.OCC12C=CC(CO)(CC1)O2.OCc1ccc(CO)o1.[C+]#C.[HH].[HH]. The first-order chi connectivity index (χ1) is 10.6. The number of fused-ring (bicyclic) bond motifs is 2. The van der Waals surface area contributed by atoms with E-state index in [-0.39, 0.29) is 34.8 Å². The Kier molecular flexibility index (Phi) is 9.04. The smallest absolute Gasteiger partial charge is 0 e. The zero-order valence-corrected chi connectivity index (χ0v) is 12.7. The van der Waals surface area contributed by atoms with Crippen molar-refractivity contribution in [3.8, 4) is 6.42 Å². The number of rotatable bonds is 4. The molecule has 1 aromatic heterocycles. The Balaban J connectivity index is -0.000000322. The Morgan fingerprint density at radius 3 is 1.52 bits per heavy atom. The van der Waals surface area contributed by atoms with Gasteiger partial charge < -0.3 is 35.1 Å². The molecule has 0 saturated carbocycles. The van der Waals surface area contributed by atoms with Crippen LogP contribution in [0.3, 0.4) is 0 Å². The molecule has 1 saturated heterocycles. The van der Waals surface area contributed by atoms with Gasteiger partial charge in [-0.2, -0.15) is 0 Å². The Labute approximate surface area is 138 Å². The maximum atomic E-state index is 9.00. The minimum atomic E-state index is -0.470. The third kappa shape index (κ3) is 5.02. The molecular weight excluding hydrogens is 304 g/mol. The second-order valence-corrected chi connectivity index (χ2v) is 5.07. The van der Waals surface area contributed by atoms with Gasteiger partial charge in [0.1, 0.15) is 35.9 Å². The van der Waals surface area contributed by atoms with Gasteiger partial charge in [0, 0.05) is 2.85 Å². The van der Waals surface area contributed by atoms with Crippen LogP contribution in [-0.2, 0) is 18.0 Å². The molecular formula is C16H27O7+. The van der Waals surface area contributed by atoms with Gasteiger partial charge in [0.2, 0.25) is 0 Å². The van der Waals surface area contributed by atoms with Crippen molar-refractivity contribution < 1.29 is 37.9 Å². The van der Waals surface area contributed by atoms with E-state index in [2.05, 4.69) is 6.42 Å². The summed E-state index contributed by atoms with van der Waals surface area (Å²) in [5.41, 5.74) is -0.939. The van der Waals surface area contributed by atoms with Crippen molar-refractivity contribution in [2.24, 2.45) is 0 Å². The number of aliphatic hydroxyl groups excluding tert-OH is 4. The zero-order chi connectivity index (χ0) is 16.6. The van der Waals surface area contributed by atoms with Gasteiger partial charge in [-0.3, -0.25) is 0 Å². The Hall–Kier alpha value is -1.44. The fourth-order valence-corrected chi connectivity index (χ4v) is 2.39. The number of hydrogen-bond donors (Lipinski definition) is 4. The Morgan fingerprint density at radius 2 is 1.35 bits per heavy atom. The summed E-state index contributed by atoms with van der Waals surface area (Å²) in [6, 6.07) is 3.26. The summed E-state index contributed by atoms with van der Waals surface area (Å²) in [5.74, 6) is 0.970. The second-order valence-electron chi connectivity index (χ2n) is 5.07. The number of hydrogen-bond acceptors (Lipinski definition) is 6. The monoisotopic (exact) mass is 331 g/mol. The molecule has 132 valence electrons. The van der Waals surface area contributed by atoms with Gasteiger partial charge >= 0.3 is 12.8 Å². The summed E-state index contributed by atoms with van der Waals surface area (Å²) in [6.45, 7) is -0.184. The van der Waals surface area contributed by atoms with Gasteiger partial charge in [0.25, 0.3) is 0 Å². The summed E-state index contributed by atoms with van der Waals surface area (Å²) in [7, 11) is 0. The topological polar surface area (TPSA) is 135 Å². The molecule has 2 aliphatic heterocycles. The standard InChI is InChI=1S/C8H12O3.C6H8O3.C2H.H2O.2H2/c9-5-7-1-2-8(6-10,11-7)4-3-7;7-3-5-1-2-6(4-8)9-5;1-2;;;/h1-2,9-10H,3-6H2;1-2,7-8H,3-4H2;1H;1H2;2*1H/q;;+1;;;. The summed E-state index contributed by atoms with van der Waals surface area (Å²) < 4.78 is 10.4. The van der Waals surface area contributed by atoms with E-state index in [0.717, 1.165) is 12.8 Å². The van der Waals surface area contributed by atoms with Crippen LogP contribution in [0.2, 0.25) is 0 Å². The van der Waals surface area contributed by atoms with Crippen molar-refractivity contribution in [2.75, 3.05) is 13.2 Å². The van der Waals surface area contributed by atoms with Crippen LogP contribution in [0.25, 0.3) is 0 Å². The average molecular weight is 331 g/mol. The van der Waals surface area contributed by atoms with Crippen molar-refractivity contribution in [3.05, 3.63) is 42.2 Å². The normalized spacial score (nSPS) is 26.7. The quantitative estimate of drug-likeness (QED) is 0.347. The van der Waals surface area contributed by atoms with E-state index in [1.807, 2.05) is 12.2 Å². The van der Waals surface area contributed by atoms with Gasteiger partial charge in [-0.05, 0) is 25.0 Å². The summed E-state index contributed by atoms with van der Waals surface area (Å²) in [6.07, 6.45) is 14.4. The molecule has 2 aliphatic rings. The molecule has 23 heavy (non-hydrogen) atoms. The molecule has 6 N–H and O–H groups in total. The van der Waals surface area contributed by atoms with Gasteiger partial charge in [0.05, 0.1) is 13.2 Å². The molecule has 0 aromatic carbocycles. The third-order valence-corrected chi connectivity index (χ3v) is 3.63. The van der Waals surface area contributed by atoms with Crippen LogP contribution in [-0.4, -0.2) is 50.3 Å². The molecule has 3 rings (SSSR count). The fraction of sp³-hybridized carbons (Fsp3) is 0.500. The minimum absolute atomic E-state index is 0. The number of terminal acetylenes is 1. The van der Waals surface area contributed by atoms with Crippen LogP contribution in [0.4, 0.5) is 0 Å². The molecule has 2 atom stereocenters. The van der Waals surface area contributed by atoms with Crippen LogP contribution >= 0.6 is 0 Å². The first-order valence-electron chi connectivity index (χ1n) is 6.81. The molecule has 2 unspecified atom stereocenters. The number of aliphatic hydroxyl groups is 4. The predicted molar refractivity (Wildman–Crippen MR) is 85.7 cm³/mol. The van der Waals surface area contributed by atoms with Crippen molar-refractivity contribution in [1.29, 1.82) is 0 Å². The summed E-state index contributed by atoms with van der Waals surface area (Å²) in [5, 5.41) is 34.9. The van der Waals surface area contributed by atoms with E-state index >= 15 is 0 Å². The van der Waals surface area contributed by atoms with E-state index in [4.69, 9.17) is 36.0 Å². The first kappa shape index (κ1) is 21.6. The first-order valence-corrected chi connectivity index (χ1v) is 6.81. The molecule has 1 fully saturated rings. The molecule has 0 aliphatic carbocycles. The van der Waals surface area contributed by atoms with Gasteiger partial charge in [-0.15, -0.1) is 0 Å². The van der Waals surface area contributed by atoms with Crippen LogP contribution in [0.1, 0.15) is 27.2 Å². The molecule has 0 radical (unpaired) electrons. The van der Waals surface area contributed by atoms with Crippen molar-refractivity contribution in [2.45, 2.75) is 37.3 Å². The fourth-order valence-electron chi connectivity index (χ4n) is 2.39. The minimum Gasteiger partial charge on any atom is 0 e. The molecule has 7 nitrogen and oxygen atoms in total. The van der Waals surface area contributed by atoms with E-state index in [1.54, 1.807) is 12.1 Å². The van der Waals surface area contributed by atoms with Crippen LogP contribution < -0.4 is 0 Å². The summed E-state index contributed by atoms with van der Waals surface area (Å²) >= 11 is 0. The van der Waals surface area contributed by atoms with Gasteiger partial charge in [-0.1, -0.05) is 12.2 Å². The van der Waals surface area contributed by atoms with E-state index in [0.29, 0.717) is 11.5 Å². The van der Waals surface area contributed by atoms with Crippen molar-refractivity contribution in [1.82, 2.24) is 0 Å². The Morgan fingerprint density at radius 1 is 0.957 bits per heavy atom. The average Bonchev–Trinajstić information content (AvgIpc) is 3.31. The van der Waals surface area contributed by atoms with Crippen molar-refractivity contribution in [3.63, 3.8) is 0 Å². The molecule has 0 spiro atoms. The third-order valence-electron chi connectivity index (χ3n) is 3.63. The van der Waals surface area contributed by atoms with Crippen LogP contribution in [0, 0.1) is 12.8 Å². The van der Waals surface area contributed by atoms with Crippen molar-refractivity contribution >= 4 is 0 Å². The predicted octanol–water partition coefficient (Wildman–Crippen LogP) is -0.0337. The molecule has 1 aromatic rings. The van der Waals surface area contributed by atoms with E-state index < -0.39 is 11.2 Å². The molecule has 0 amide bonds. The number of furan rings is 1. The van der Waals surface area contributed by atoms with Gasteiger partial charge in [0.15, 0.2) is 0 Å². The summed E-state index contributed by atoms with van der Waals surface area (Å²) in [4.78, 5) is 0. The van der Waals surface area contributed by atoms with Crippen LogP contribution in [0.15, 0.2) is 28.7 Å². The van der Waals surface area contributed by atoms with Gasteiger partial charge in [-0.25, -0.2) is 0 Å². The Bertz CT molecular complexity index is 479. The molecule has 7 heteroatoms. The number of ether oxygens (including phenoxy) is 1. The molecule has 3 heterocycles. The maximum Gasteiger partial charge on any atom is 0 e. The maximum absolute atomic E-state index is 9.00. The zero-order valence-electron chi connectivity index (χ0n) is 12.7. The van der Waals surface area contributed by atoms with E-state index in [1.165, 1.54) is 0 Å².